The van der Waals surface area contributed by atoms with Gasteiger partial charge >= 0.3 is 0 Å². The molecule has 0 aromatic rings. The molecule has 0 aliphatic rings. The lowest BCUT2D eigenvalue weighted by Crippen LogP contribution is -1.73. The number of hydrogen-bond donors (Lipinski definition) is 0. The second-order valence-corrected chi connectivity index (χ2v) is 3.16. The number of hydrogen-bond acceptors (Lipinski definition) is 0. The molecule has 0 saturated heterocycles. The van der Waals surface area contributed by atoms with Gasteiger partial charge in [0.05, 0.1) is 0 Å². The summed E-state index contributed by atoms with van der Waals surface area (Å²) in [6.07, 6.45) is 8.30. The highest BCUT2D eigenvalue weighted by molar-refractivity contribution is 5.25. The fourth-order valence-corrected chi connectivity index (χ4v) is 0.979. The lowest BCUT2D eigenvalue weighted by Gasteiger charge is -1.90. The maximum atomic E-state index is 3.08. The van der Waals surface area contributed by atoms with Gasteiger partial charge in [-0.1, -0.05) is 45.0 Å². The van der Waals surface area contributed by atoms with Crippen molar-refractivity contribution in [2.75, 3.05) is 0 Å². The summed E-state index contributed by atoms with van der Waals surface area (Å²) in [4.78, 5) is 0. The molecular weight excluding hydrogens is 156 g/mol. The van der Waals surface area contributed by atoms with Gasteiger partial charge in [-0.05, 0) is 24.7 Å². The van der Waals surface area contributed by atoms with E-state index in [1.807, 2.05) is 0 Å². The van der Waals surface area contributed by atoms with Crippen molar-refractivity contribution in [3.8, 4) is 23.7 Å². The highest BCUT2D eigenvalue weighted by Crippen LogP contribution is 2.00. The average molecular weight is 176 g/mol. The molecule has 0 aromatic heterocycles. The molecule has 0 radical (unpaired) electrons. The monoisotopic (exact) mass is 176 g/mol. The molecule has 0 heterocycles. The molecule has 0 atom stereocenters. The second-order valence-electron chi connectivity index (χ2n) is 3.16. The van der Waals surface area contributed by atoms with Crippen LogP contribution in [-0.4, -0.2) is 0 Å². The Morgan fingerprint density at radius 2 is 1.38 bits per heavy atom. The van der Waals surface area contributed by atoms with Crippen molar-refractivity contribution in [3.05, 3.63) is 0 Å². The van der Waals surface area contributed by atoms with E-state index in [-0.39, 0.29) is 0 Å². The normalized spacial score (nSPS) is 8.15. The Balaban J connectivity index is 3.26. The molecule has 0 aromatic carbocycles. The van der Waals surface area contributed by atoms with Crippen LogP contribution in [0.1, 0.15) is 58.8 Å². The lowest BCUT2D eigenvalue weighted by atomic mass is 10.2. The standard InChI is InChI=1S/C13H20/c1-3-5-7-9-11-13-12-10-8-6-4-2/h3-7,9,11H2,1-2H3. The van der Waals surface area contributed by atoms with Gasteiger partial charge in [0.25, 0.3) is 0 Å². The van der Waals surface area contributed by atoms with Crippen molar-refractivity contribution >= 4 is 0 Å². The summed E-state index contributed by atoms with van der Waals surface area (Å²) in [5, 5.41) is 0. The first-order valence-electron chi connectivity index (χ1n) is 5.37. The van der Waals surface area contributed by atoms with Gasteiger partial charge in [-0.3, -0.25) is 0 Å². The van der Waals surface area contributed by atoms with E-state index in [0.717, 1.165) is 19.3 Å². The largest absolute Gasteiger partial charge is 0.0891 e. The van der Waals surface area contributed by atoms with Crippen LogP contribution in [0.25, 0.3) is 0 Å². The van der Waals surface area contributed by atoms with Gasteiger partial charge in [0.15, 0.2) is 0 Å². The Kier molecular flexibility index (Phi) is 10.4. The third-order valence-corrected chi connectivity index (χ3v) is 1.77. The maximum absolute atomic E-state index is 3.08. The molecule has 0 spiro atoms. The molecule has 13 heavy (non-hydrogen) atoms. The summed E-state index contributed by atoms with van der Waals surface area (Å²) in [7, 11) is 0. The first kappa shape index (κ1) is 12.1. The topological polar surface area (TPSA) is 0 Å². The first-order chi connectivity index (χ1) is 6.41. The Labute approximate surface area is 83.1 Å². The van der Waals surface area contributed by atoms with Crippen LogP contribution in [0.2, 0.25) is 0 Å². The van der Waals surface area contributed by atoms with E-state index in [1.54, 1.807) is 0 Å². The van der Waals surface area contributed by atoms with Crippen LogP contribution in [0.15, 0.2) is 0 Å². The smallest absolute Gasteiger partial charge is 0.00989 e. The molecule has 0 heteroatoms. The quantitative estimate of drug-likeness (QED) is 0.442. The van der Waals surface area contributed by atoms with E-state index in [0.29, 0.717) is 0 Å². The highest BCUT2D eigenvalue weighted by Gasteiger charge is 1.82. The Bertz CT molecular complexity index is 204. The van der Waals surface area contributed by atoms with Crippen molar-refractivity contribution < 1.29 is 0 Å². The van der Waals surface area contributed by atoms with Gasteiger partial charge in [0, 0.05) is 12.8 Å². The Morgan fingerprint density at radius 3 is 2.00 bits per heavy atom. The van der Waals surface area contributed by atoms with E-state index >= 15 is 0 Å². The number of unbranched alkanes of at least 4 members (excludes halogenated alkanes) is 5. The van der Waals surface area contributed by atoms with Crippen molar-refractivity contribution in [1.29, 1.82) is 0 Å². The summed E-state index contributed by atoms with van der Waals surface area (Å²) in [5.74, 6) is 11.8. The summed E-state index contributed by atoms with van der Waals surface area (Å²) in [6, 6.07) is 0. The second kappa shape index (κ2) is 11.1. The van der Waals surface area contributed by atoms with Gasteiger partial charge < -0.3 is 0 Å². The SMILES string of the molecule is CCCC#CC#CCCCCCC. The highest BCUT2D eigenvalue weighted by atomic mass is 13.9. The molecule has 0 bridgehead atoms. The van der Waals surface area contributed by atoms with E-state index in [4.69, 9.17) is 0 Å². The van der Waals surface area contributed by atoms with E-state index in [9.17, 15) is 0 Å². The minimum atomic E-state index is 0.977. The van der Waals surface area contributed by atoms with Gasteiger partial charge in [-0.2, -0.15) is 0 Å². The molecule has 0 N–H and O–H groups in total. The van der Waals surface area contributed by atoms with Crippen LogP contribution in [0.3, 0.4) is 0 Å². The molecule has 72 valence electrons. The number of rotatable bonds is 5. The van der Waals surface area contributed by atoms with Crippen LogP contribution in [-0.2, 0) is 0 Å². The van der Waals surface area contributed by atoms with Crippen molar-refractivity contribution in [1.82, 2.24) is 0 Å². The predicted molar refractivity (Wildman–Crippen MR) is 59.2 cm³/mol. The zero-order valence-electron chi connectivity index (χ0n) is 8.95. The van der Waals surface area contributed by atoms with Crippen molar-refractivity contribution in [3.63, 3.8) is 0 Å². The Morgan fingerprint density at radius 1 is 0.692 bits per heavy atom. The molecule has 0 amide bonds. The summed E-state index contributed by atoms with van der Waals surface area (Å²) in [5.41, 5.74) is 0. The maximum Gasteiger partial charge on any atom is 0.00989 e. The van der Waals surface area contributed by atoms with Crippen LogP contribution in [0.5, 0.6) is 0 Å². The van der Waals surface area contributed by atoms with E-state index < -0.39 is 0 Å². The predicted octanol–water partition coefficient (Wildman–Crippen LogP) is 3.76. The summed E-state index contributed by atoms with van der Waals surface area (Å²) in [6.45, 7) is 4.36. The van der Waals surface area contributed by atoms with Gasteiger partial charge in [-0.25, -0.2) is 0 Å². The lowest BCUT2D eigenvalue weighted by molar-refractivity contribution is 0.680. The van der Waals surface area contributed by atoms with Gasteiger partial charge in [0.1, 0.15) is 0 Å². The molecular formula is C13H20. The Hall–Kier alpha value is -0.880. The average Bonchev–Trinajstić information content (AvgIpc) is 2.16. The molecule has 0 unspecified atom stereocenters. The third kappa shape index (κ3) is 11.1. The van der Waals surface area contributed by atoms with Crippen LogP contribution in [0.4, 0.5) is 0 Å². The van der Waals surface area contributed by atoms with Gasteiger partial charge in [-0.15, -0.1) is 0 Å². The first-order valence-corrected chi connectivity index (χ1v) is 5.37. The molecule has 0 saturated carbocycles. The summed E-state index contributed by atoms with van der Waals surface area (Å²) >= 11 is 0. The minimum Gasteiger partial charge on any atom is -0.0891 e. The molecule has 0 rings (SSSR count). The fraction of sp³-hybridized carbons (Fsp3) is 0.692. The van der Waals surface area contributed by atoms with Crippen molar-refractivity contribution in [2.45, 2.75) is 58.8 Å². The molecule has 0 fully saturated rings. The van der Waals surface area contributed by atoms with Crippen LogP contribution in [0, 0.1) is 23.7 Å². The van der Waals surface area contributed by atoms with Crippen LogP contribution >= 0.6 is 0 Å². The van der Waals surface area contributed by atoms with E-state index in [2.05, 4.69) is 37.5 Å². The zero-order valence-corrected chi connectivity index (χ0v) is 8.95. The van der Waals surface area contributed by atoms with E-state index in [1.165, 1.54) is 25.7 Å². The molecule has 0 aliphatic carbocycles. The van der Waals surface area contributed by atoms with Crippen molar-refractivity contribution in [2.24, 2.45) is 0 Å². The van der Waals surface area contributed by atoms with Gasteiger partial charge in [0.2, 0.25) is 0 Å². The molecule has 0 aliphatic heterocycles. The fourth-order valence-electron chi connectivity index (χ4n) is 0.979. The zero-order chi connectivity index (χ0) is 9.78. The minimum absolute atomic E-state index is 0.977. The molecule has 0 nitrogen and oxygen atoms in total. The van der Waals surface area contributed by atoms with Crippen LogP contribution < -0.4 is 0 Å². The third-order valence-electron chi connectivity index (χ3n) is 1.77. The summed E-state index contributed by atoms with van der Waals surface area (Å²) < 4.78 is 0.